The van der Waals surface area contributed by atoms with E-state index >= 15 is 4.39 Å². The number of rotatable bonds is 31. The van der Waals surface area contributed by atoms with Crippen LogP contribution in [0.3, 0.4) is 0 Å². The van der Waals surface area contributed by atoms with Crippen molar-refractivity contribution in [1.82, 2.24) is 35.7 Å². The van der Waals surface area contributed by atoms with E-state index in [4.69, 9.17) is 19.6 Å². The largest absolute Gasteiger partial charge is 0.458 e. The van der Waals surface area contributed by atoms with Crippen molar-refractivity contribution < 1.29 is 82.9 Å². The molecule has 1 fully saturated rings. The van der Waals surface area contributed by atoms with E-state index in [1.54, 1.807) is 40.7 Å². The van der Waals surface area contributed by atoms with Crippen LogP contribution in [0.1, 0.15) is 133 Å². The number of esters is 1. The van der Waals surface area contributed by atoms with Crippen molar-refractivity contribution in [2.24, 2.45) is 17.8 Å². The molecule has 1 aromatic carbocycles. The molecule has 82 heavy (non-hydrogen) atoms. The summed E-state index contributed by atoms with van der Waals surface area (Å²) >= 11 is 0. The normalized spacial score (nSPS) is 19.1. The van der Waals surface area contributed by atoms with Crippen LogP contribution in [0.4, 0.5) is 4.39 Å². The van der Waals surface area contributed by atoms with Gasteiger partial charge in [-0.15, -0.1) is 0 Å². The quantitative estimate of drug-likeness (QED) is 0.0142. The summed E-state index contributed by atoms with van der Waals surface area (Å²) in [4.78, 5) is 124. The molecule has 0 aliphatic carbocycles. The minimum Gasteiger partial charge on any atom is -0.458 e. The lowest BCUT2D eigenvalue weighted by Gasteiger charge is -2.31. The summed E-state index contributed by atoms with van der Waals surface area (Å²) in [6.07, 6.45) is -5.19. The van der Waals surface area contributed by atoms with Gasteiger partial charge >= 0.3 is 5.97 Å². The van der Waals surface area contributed by atoms with Crippen LogP contribution in [0.2, 0.25) is 0 Å². The number of benzene rings is 1. The number of likely N-dealkylation sites (tertiary alicyclic amines) is 1. The van der Waals surface area contributed by atoms with Crippen LogP contribution in [0, 0.1) is 30.5 Å². The van der Waals surface area contributed by atoms with Crippen LogP contribution in [-0.2, 0) is 73.0 Å². The Hall–Kier alpha value is -6.61. The molecule has 2 aromatic heterocycles. The minimum absolute atomic E-state index is 0.00816. The second-order valence-corrected chi connectivity index (χ2v) is 22.0. The summed E-state index contributed by atoms with van der Waals surface area (Å²) < 4.78 is 27.8. The molecule has 0 saturated carbocycles. The molecule has 3 aromatic rings. The first-order valence-corrected chi connectivity index (χ1v) is 28.0. The van der Waals surface area contributed by atoms with Crippen molar-refractivity contribution in [3.63, 3.8) is 0 Å². The highest BCUT2D eigenvalue weighted by Gasteiger charge is 2.46. The topological polar surface area (TPSA) is 363 Å². The third kappa shape index (κ3) is 15.1. The molecule has 3 aliphatic rings. The number of ether oxygens (including phenoxy) is 2. The van der Waals surface area contributed by atoms with E-state index in [-0.39, 0.29) is 106 Å². The van der Waals surface area contributed by atoms with Crippen LogP contribution < -0.4 is 26.8 Å². The van der Waals surface area contributed by atoms with Crippen molar-refractivity contribution in [1.29, 1.82) is 0 Å². The number of unbranched alkanes of at least 4 members (excludes halogenated alkanes) is 3. The Bertz CT molecular complexity index is 2950. The number of hydrogen-bond donors (Lipinski definition) is 10. The molecule has 5 heterocycles. The highest BCUT2D eigenvalue weighted by atomic mass is 19.1. The highest BCUT2D eigenvalue weighted by molar-refractivity contribution is 6.03. The fourth-order valence-electron chi connectivity index (χ4n) is 10.5. The maximum Gasteiger partial charge on any atom is 0.343 e. The smallest absolute Gasteiger partial charge is 0.343 e. The average molecular weight is 1150 g/mol. The van der Waals surface area contributed by atoms with Gasteiger partial charge in [0.1, 0.15) is 55.3 Å². The highest BCUT2D eigenvalue weighted by Crippen LogP contribution is 2.40. The monoisotopic (exact) mass is 1150 g/mol. The van der Waals surface area contributed by atoms with E-state index in [1.807, 2.05) is 6.07 Å². The molecule has 0 radical (unpaired) electrons. The number of aliphatic hydroxyl groups is 6. The van der Waals surface area contributed by atoms with E-state index in [0.717, 1.165) is 11.1 Å². The predicted octanol–water partition coefficient (Wildman–Crippen LogP) is 0.449. The number of carbonyl (C=O) groups is 8. The van der Waals surface area contributed by atoms with Crippen LogP contribution in [-0.4, -0.2) is 162 Å². The Morgan fingerprint density at radius 2 is 1.62 bits per heavy atom. The van der Waals surface area contributed by atoms with Gasteiger partial charge in [0.15, 0.2) is 5.60 Å². The molecule has 24 nitrogen and oxygen atoms in total. The molecule has 450 valence electrons. The summed E-state index contributed by atoms with van der Waals surface area (Å²) in [5.41, 5.74) is 1.09. The van der Waals surface area contributed by atoms with Crippen molar-refractivity contribution in [3.05, 3.63) is 62.2 Å². The lowest BCUT2D eigenvalue weighted by atomic mass is 9.86. The van der Waals surface area contributed by atoms with E-state index < -0.39 is 108 Å². The van der Waals surface area contributed by atoms with E-state index in [1.165, 1.54) is 22.5 Å². The SMILES string of the molecule is CC[C@@]1(O)C(=O)OCc2c1cc1n(c2=O)Cc2cc3c(CCCCOCNC(=O)[C@H](C)NC(=O)[C@@H](NC(=O)[C@H](CCC(=O)NC[C@H](O)[C@@H](O)[C@H](O)[C@H](O)CO)CC(=O)CCCCCN4C(=O)CC(C)C4=O)C(C)C)c(C)c(F)cc3nc2-1. The number of ketones is 1. The van der Waals surface area contributed by atoms with Crippen molar-refractivity contribution in [2.45, 2.75) is 174 Å². The van der Waals surface area contributed by atoms with Crippen LogP contribution in [0.15, 0.2) is 23.0 Å². The number of aliphatic hydroxyl groups excluding tert-OH is 5. The van der Waals surface area contributed by atoms with Crippen LogP contribution in [0.5, 0.6) is 0 Å². The first-order chi connectivity index (χ1) is 38.8. The summed E-state index contributed by atoms with van der Waals surface area (Å²) in [5.74, 6) is -6.89. The molecule has 6 rings (SSSR count). The number of halogens is 1. The Morgan fingerprint density at radius 1 is 0.902 bits per heavy atom. The molecule has 0 spiro atoms. The van der Waals surface area contributed by atoms with Gasteiger partial charge in [0.25, 0.3) is 5.56 Å². The number of pyridine rings is 2. The number of fused-ring (bicyclic) bond motifs is 5. The fraction of sp³-hybridized carbons (Fsp3) is 0.614. The number of nitrogens with zero attached hydrogens (tertiary/aromatic N) is 3. The molecular formula is C57H78FN7O17. The maximum absolute atomic E-state index is 15.4. The van der Waals surface area contributed by atoms with Gasteiger partial charge in [-0.2, -0.15) is 0 Å². The molecule has 9 atom stereocenters. The van der Waals surface area contributed by atoms with Crippen molar-refractivity contribution in [3.8, 4) is 11.4 Å². The summed E-state index contributed by atoms with van der Waals surface area (Å²) in [6, 6.07) is 2.53. The number of cyclic esters (lactones) is 1. The summed E-state index contributed by atoms with van der Waals surface area (Å²) in [7, 11) is 0. The zero-order valence-corrected chi connectivity index (χ0v) is 47.3. The maximum atomic E-state index is 15.4. The number of nitrogens with one attached hydrogen (secondary N) is 4. The van der Waals surface area contributed by atoms with Crippen LogP contribution >= 0.6 is 0 Å². The molecule has 25 heteroatoms. The molecule has 3 aliphatic heterocycles. The number of carbonyl (C=O) groups excluding carboxylic acids is 8. The molecule has 1 saturated heterocycles. The Morgan fingerprint density at radius 3 is 2.29 bits per heavy atom. The van der Waals surface area contributed by atoms with Gasteiger partial charge in [0.2, 0.25) is 35.4 Å². The molecular weight excluding hydrogens is 1070 g/mol. The van der Waals surface area contributed by atoms with Gasteiger partial charge in [-0.05, 0) is 88.0 Å². The number of imide groups is 1. The lowest BCUT2D eigenvalue weighted by molar-refractivity contribution is -0.172. The Kier molecular flexibility index (Phi) is 22.5. The standard InChI is InChI=1S/C57H78FN7O17/c1-7-57(80)39-22-42-48-34(25-65(42)55(78)38(39)27-82-56(57)79)21-37-36(31(5)40(58)23-41(37)62-48)14-10-12-18-81-28-60-51(74)32(6)61-53(76)47(29(2)3)63-52(75)33(15-16-45(70)59-24-43(68)49(72)50(73)44(69)26-66)20-35(67)13-9-8-11-17-64-46(71)19-30(4)54(64)77/h21-23,29-30,32-33,43-44,47,49-50,66,68-69,72-73,80H,7-20,24-28H2,1-6H3,(H,59,70)(H,60,74)(H,61,76)(H,63,75)/t30?,32-,33+,43-,44+,47-,49+,50+,57-/m0/s1. The first-order valence-electron chi connectivity index (χ1n) is 28.0. The van der Waals surface area contributed by atoms with E-state index in [2.05, 4.69) is 21.3 Å². The van der Waals surface area contributed by atoms with Crippen molar-refractivity contribution in [2.75, 3.05) is 33.0 Å². The predicted molar refractivity (Wildman–Crippen MR) is 291 cm³/mol. The van der Waals surface area contributed by atoms with Gasteiger partial charge in [-0.25, -0.2) is 14.2 Å². The Labute approximate surface area is 473 Å². The average Bonchev–Trinajstić information content (AvgIpc) is 4.14. The minimum atomic E-state index is -1.99. The van der Waals surface area contributed by atoms with Gasteiger partial charge in [0, 0.05) is 79.8 Å². The third-order valence-electron chi connectivity index (χ3n) is 15.7. The van der Waals surface area contributed by atoms with Gasteiger partial charge in [0.05, 0.1) is 41.7 Å². The van der Waals surface area contributed by atoms with E-state index in [0.29, 0.717) is 66.4 Å². The van der Waals surface area contributed by atoms with E-state index in [9.17, 15) is 68.7 Å². The van der Waals surface area contributed by atoms with Crippen molar-refractivity contribution >= 4 is 58.1 Å². The van der Waals surface area contributed by atoms with Gasteiger partial charge in [-0.3, -0.25) is 43.3 Å². The summed E-state index contributed by atoms with van der Waals surface area (Å²) in [5, 5.41) is 71.1. The number of aryl methyl sites for hydroxylation is 1. The molecule has 10 N–H and O–H groups in total. The van der Waals surface area contributed by atoms with Crippen LogP contribution in [0.25, 0.3) is 22.3 Å². The lowest BCUT2D eigenvalue weighted by Crippen LogP contribution is -2.55. The number of aromatic nitrogens is 2. The van der Waals surface area contributed by atoms with Gasteiger partial charge < -0.3 is 65.9 Å². The second-order valence-electron chi connectivity index (χ2n) is 22.0. The number of amides is 6. The number of Topliss-reactive ketones (excluding diaryl/α,β-unsaturated/α-hetero) is 1. The number of hydrogen-bond acceptors (Lipinski definition) is 18. The first kappa shape index (κ1) is 64.6. The zero-order valence-electron chi connectivity index (χ0n) is 47.3. The third-order valence-corrected chi connectivity index (χ3v) is 15.7. The molecule has 0 bridgehead atoms. The molecule has 1 unspecified atom stereocenters. The summed E-state index contributed by atoms with van der Waals surface area (Å²) in [6.45, 7) is 8.38. The zero-order chi connectivity index (χ0) is 60.3. The van der Waals surface area contributed by atoms with Gasteiger partial charge in [-0.1, -0.05) is 34.1 Å². The second kappa shape index (κ2) is 28.6. The molecule has 6 amide bonds. The Balaban J connectivity index is 0.984. The fourth-order valence-corrected chi connectivity index (χ4v) is 10.5.